The Kier molecular flexibility index (Phi) is 5.14. The average molecular weight is 303 g/mol. The highest BCUT2D eigenvalue weighted by molar-refractivity contribution is 5.81. The standard InChI is InChI=1S/C16H21N3O3/c1-3-8-18-9-10-19(14(20)6-7-15(21)22)11-13-5-4-12(2)17-16(13)18/h3-5H,1,6-11H2,2H3,(H,21,22). The predicted octanol–water partition coefficient (Wildman–Crippen LogP) is 1.59. The van der Waals surface area contributed by atoms with Crippen LogP contribution in [0, 0.1) is 6.92 Å². The molecule has 2 rings (SSSR count). The number of nitrogens with zero attached hydrogens (tertiary/aromatic N) is 3. The number of aromatic nitrogens is 1. The van der Waals surface area contributed by atoms with Gasteiger partial charge >= 0.3 is 5.97 Å². The first-order valence-electron chi connectivity index (χ1n) is 7.33. The molecule has 1 amide bonds. The average Bonchev–Trinajstić information content (AvgIpc) is 2.65. The number of carbonyl (C=O) groups excluding carboxylic acids is 1. The number of carboxylic acid groups (broad SMARTS) is 1. The molecule has 1 N–H and O–H groups in total. The van der Waals surface area contributed by atoms with Crippen LogP contribution in [0.5, 0.6) is 0 Å². The van der Waals surface area contributed by atoms with Gasteiger partial charge in [0.25, 0.3) is 0 Å². The van der Waals surface area contributed by atoms with Crippen molar-refractivity contribution in [3.05, 3.63) is 36.0 Å². The minimum atomic E-state index is -0.950. The molecule has 6 nitrogen and oxygen atoms in total. The zero-order valence-electron chi connectivity index (χ0n) is 12.8. The summed E-state index contributed by atoms with van der Waals surface area (Å²) in [5, 5.41) is 8.72. The molecular weight excluding hydrogens is 282 g/mol. The highest BCUT2D eigenvalue weighted by Crippen LogP contribution is 2.24. The molecule has 0 bridgehead atoms. The first-order valence-corrected chi connectivity index (χ1v) is 7.33. The van der Waals surface area contributed by atoms with Crippen LogP contribution in [0.3, 0.4) is 0 Å². The molecule has 0 fully saturated rings. The fourth-order valence-electron chi connectivity index (χ4n) is 2.52. The van der Waals surface area contributed by atoms with Gasteiger partial charge in [-0.3, -0.25) is 9.59 Å². The van der Waals surface area contributed by atoms with Crippen LogP contribution in [0.25, 0.3) is 0 Å². The van der Waals surface area contributed by atoms with Gasteiger partial charge in [-0.2, -0.15) is 0 Å². The molecule has 1 aromatic rings. The summed E-state index contributed by atoms with van der Waals surface area (Å²) in [7, 11) is 0. The smallest absolute Gasteiger partial charge is 0.303 e. The molecule has 0 atom stereocenters. The van der Waals surface area contributed by atoms with Gasteiger partial charge in [-0.15, -0.1) is 6.58 Å². The normalized spacial score (nSPS) is 14.2. The van der Waals surface area contributed by atoms with Crippen LogP contribution in [0.15, 0.2) is 24.8 Å². The summed E-state index contributed by atoms with van der Waals surface area (Å²) in [4.78, 5) is 31.2. The van der Waals surface area contributed by atoms with Gasteiger partial charge in [0.2, 0.25) is 5.91 Å². The number of hydrogen-bond acceptors (Lipinski definition) is 4. The molecule has 1 aliphatic rings. The molecule has 1 aromatic heterocycles. The lowest BCUT2D eigenvalue weighted by Crippen LogP contribution is -2.35. The number of hydrogen-bond donors (Lipinski definition) is 1. The van der Waals surface area contributed by atoms with Crippen molar-refractivity contribution < 1.29 is 14.7 Å². The van der Waals surface area contributed by atoms with E-state index < -0.39 is 5.97 Å². The highest BCUT2D eigenvalue weighted by Gasteiger charge is 2.23. The minimum Gasteiger partial charge on any atom is -0.481 e. The van der Waals surface area contributed by atoms with Crippen LogP contribution in [0.1, 0.15) is 24.1 Å². The van der Waals surface area contributed by atoms with Crippen molar-refractivity contribution in [2.45, 2.75) is 26.3 Å². The summed E-state index contributed by atoms with van der Waals surface area (Å²) in [6.45, 7) is 8.06. The number of rotatable bonds is 5. The Balaban J connectivity index is 2.20. The third kappa shape index (κ3) is 3.84. The molecule has 2 heterocycles. The van der Waals surface area contributed by atoms with E-state index in [9.17, 15) is 9.59 Å². The lowest BCUT2D eigenvalue weighted by Gasteiger charge is -2.22. The third-order valence-corrected chi connectivity index (χ3v) is 3.65. The first kappa shape index (κ1) is 16.0. The second-order valence-corrected chi connectivity index (χ2v) is 5.38. The lowest BCUT2D eigenvalue weighted by molar-refractivity contribution is -0.141. The zero-order chi connectivity index (χ0) is 16.1. The summed E-state index contributed by atoms with van der Waals surface area (Å²) in [6.07, 6.45) is 1.71. The van der Waals surface area contributed by atoms with Gasteiger partial charge in [-0.1, -0.05) is 12.1 Å². The van der Waals surface area contributed by atoms with Gasteiger partial charge in [0.1, 0.15) is 5.82 Å². The second-order valence-electron chi connectivity index (χ2n) is 5.38. The van der Waals surface area contributed by atoms with E-state index in [-0.39, 0.29) is 18.7 Å². The number of aryl methyl sites for hydroxylation is 1. The van der Waals surface area contributed by atoms with Gasteiger partial charge in [-0.25, -0.2) is 4.98 Å². The van der Waals surface area contributed by atoms with Crippen molar-refractivity contribution in [3.63, 3.8) is 0 Å². The van der Waals surface area contributed by atoms with E-state index in [0.717, 1.165) is 17.1 Å². The van der Waals surface area contributed by atoms with Gasteiger partial charge < -0.3 is 14.9 Å². The molecule has 0 aromatic carbocycles. The van der Waals surface area contributed by atoms with Crippen molar-refractivity contribution >= 4 is 17.7 Å². The van der Waals surface area contributed by atoms with E-state index in [1.54, 1.807) is 4.90 Å². The quantitative estimate of drug-likeness (QED) is 0.836. The molecular formula is C16H21N3O3. The number of pyridine rings is 1. The third-order valence-electron chi connectivity index (χ3n) is 3.65. The van der Waals surface area contributed by atoms with Gasteiger partial charge in [-0.05, 0) is 13.0 Å². The molecule has 0 spiro atoms. The topological polar surface area (TPSA) is 73.7 Å². The lowest BCUT2D eigenvalue weighted by atomic mass is 10.2. The Labute approximate surface area is 130 Å². The Morgan fingerprint density at radius 2 is 2.14 bits per heavy atom. The van der Waals surface area contributed by atoms with Crippen molar-refractivity contribution in [2.24, 2.45) is 0 Å². The van der Waals surface area contributed by atoms with E-state index in [2.05, 4.69) is 16.5 Å². The summed E-state index contributed by atoms with van der Waals surface area (Å²) in [5.74, 6) is -0.197. The number of amides is 1. The zero-order valence-corrected chi connectivity index (χ0v) is 12.8. The van der Waals surface area contributed by atoms with E-state index >= 15 is 0 Å². The Hall–Kier alpha value is -2.37. The fraction of sp³-hybridized carbons (Fsp3) is 0.438. The number of anilines is 1. The number of aliphatic carboxylic acids is 1. The number of fused-ring (bicyclic) bond motifs is 1. The molecule has 0 saturated heterocycles. The minimum absolute atomic E-state index is 0.0331. The number of carboxylic acids is 1. The summed E-state index contributed by atoms with van der Waals surface area (Å²) in [5.41, 5.74) is 1.91. The van der Waals surface area contributed by atoms with Crippen LogP contribution in [-0.2, 0) is 16.1 Å². The fourth-order valence-corrected chi connectivity index (χ4v) is 2.52. The molecule has 0 unspecified atom stereocenters. The predicted molar refractivity (Wildman–Crippen MR) is 83.7 cm³/mol. The summed E-state index contributed by atoms with van der Waals surface area (Å²) >= 11 is 0. The van der Waals surface area contributed by atoms with Gasteiger partial charge in [0, 0.05) is 43.9 Å². The Morgan fingerprint density at radius 1 is 1.36 bits per heavy atom. The molecule has 118 valence electrons. The van der Waals surface area contributed by atoms with Crippen LogP contribution >= 0.6 is 0 Å². The first-order chi connectivity index (χ1) is 10.5. The SMILES string of the molecule is C=CCN1CCN(C(=O)CCC(=O)O)Cc2ccc(C)nc21. The molecule has 1 aliphatic heterocycles. The van der Waals surface area contributed by atoms with E-state index in [1.165, 1.54) is 0 Å². The van der Waals surface area contributed by atoms with Crippen molar-refractivity contribution in [2.75, 3.05) is 24.5 Å². The van der Waals surface area contributed by atoms with Gasteiger partial charge in [0.05, 0.1) is 6.42 Å². The molecule has 0 aliphatic carbocycles. The van der Waals surface area contributed by atoms with Crippen LogP contribution in [0.2, 0.25) is 0 Å². The van der Waals surface area contributed by atoms with Crippen LogP contribution < -0.4 is 4.90 Å². The van der Waals surface area contributed by atoms with Crippen molar-refractivity contribution in [3.8, 4) is 0 Å². The summed E-state index contributed by atoms with van der Waals surface area (Å²) in [6, 6.07) is 3.91. The maximum absolute atomic E-state index is 12.2. The molecule has 6 heteroatoms. The van der Waals surface area contributed by atoms with Crippen LogP contribution in [-0.4, -0.2) is 46.5 Å². The Morgan fingerprint density at radius 3 is 2.82 bits per heavy atom. The van der Waals surface area contributed by atoms with Crippen LogP contribution in [0.4, 0.5) is 5.82 Å². The largest absolute Gasteiger partial charge is 0.481 e. The molecule has 22 heavy (non-hydrogen) atoms. The second kappa shape index (κ2) is 7.06. The maximum atomic E-state index is 12.2. The highest BCUT2D eigenvalue weighted by atomic mass is 16.4. The monoisotopic (exact) mass is 303 g/mol. The van der Waals surface area contributed by atoms with E-state index in [1.807, 2.05) is 25.1 Å². The van der Waals surface area contributed by atoms with E-state index in [4.69, 9.17) is 5.11 Å². The van der Waals surface area contributed by atoms with E-state index in [0.29, 0.717) is 26.2 Å². The summed E-state index contributed by atoms with van der Waals surface area (Å²) < 4.78 is 0. The van der Waals surface area contributed by atoms with Crippen molar-refractivity contribution in [1.29, 1.82) is 0 Å². The Bertz CT molecular complexity index is 586. The molecule has 0 saturated carbocycles. The van der Waals surface area contributed by atoms with Crippen molar-refractivity contribution in [1.82, 2.24) is 9.88 Å². The number of carbonyl (C=O) groups is 2. The maximum Gasteiger partial charge on any atom is 0.303 e. The molecule has 0 radical (unpaired) electrons. The van der Waals surface area contributed by atoms with Gasteiger partial charge in [0.15, 0.2) is 0 Å².